The predicted octanol–water partition coefficient (Wildman–Crippen LogP) is 1.33. The number of aromatic amines is 1. The minimum Gasteiger partial charge on any atom is -0.315 e. The van der Waals surface area contributed by atoms with Crippen molar-refractivity contribution in [2.75, 3.05) is 26.2 Å². The lowest BCUT2D eigenvalue weighted by atomic mass is 10.0. The van der Waals surface area contributed by atoms with Gasteiger partial charge in [-0.1, -0.05) is 12.1 Å². The molecule has 1 aromatic carbocycles. The van der Waals surface area contributed by atoms with Gasteiger partial charge < -0.3 is 10.3 Å². The molecule has 2 aliphatic rings. The van der Waals surface area contributed by atoms with Crippen molar-refractivity contribution >= 4 is 11.0 Å². The highest BCUT2D eigenvalue weighted by Crippen LogP contribution is 2.26. The Morgan fingerprint density at radius 2 is 1.86 bits per heavy atom. The van der Waals surface area contributed by atoms with Gasteiger partial charge in [-0.2, -0.15) is 0 Å². The van der Waals surface area contributed by atoms with Crippen LogP contribution in [0.1, 0.15) is 25.3 Å². The van der Waals surface area contributed by atoms with E-state index in [0.29, 0.717) is 12.1 Å². The average Bonchev–Trinajstić information content (AvgIpc) is 3.14. The van der Waals surface area contributed by atoms with Gasteiger partial charge in [0.15, 0.2) is 0 Å². The molecule has 0 bridgehead atoms. The first kappa shape index (κ1) is 13.1. The number of likely N-dealkylation sites (tertiary alicyclic amines) is 1. The molecule has 2 aliphatic heterocycles. The fraction of sp³-hybridized carbons (Fsp3) is 0.562. The van der Waals surface area contributed by atoms with Crippen molar-refractivity contribution in [2.45, 2.75) is 31.3 Å². The third-order valence-electron chi connectivity index (χ3n) is 5.04. The lowest BCUT2D eigenvalue weighted by Gasteiger charge is -2.36. The quantitative estimate of drug-likeness (QED) is 0.875. The molecule has 0 saturated carbocycles. The summed E-state index contributed by atoms with van der Waals surface area (Å²) in [5, 5.41) is 3.44. The summed E-state index contributed by atoms with van der Waals surface area (Å²) in [6.07, 6.45) is 3.40. The van der Waals surface area contributed by atoms with Gasteiger partial charge in [0, 0.05) is 31.7 Å². The zero-order chi connectivity index (χ0) is 14.2. The van der Waals surface area contributed by atoms with Crippen molar-refractivity contribution in [1.82, 2.24) is 19.8 Å². The Morgan fingerprint density at radius 3 is 2.62 bits per heavy atom. The van der Waals surface area contributed by atoms with Crippen LogP contribution in [0.3, 0.4) is 0 Å². The molecule has 2 saturated heterocycles. The molecule has 1 atom stereocenters. The zero-order valence-electron chi connectivity index (χ0n) is 12.2. The van der Waals surface area contributed by atoms with Gasteiger partial charge in [-0.3, -0.25) is 9.47 Å². The van der Waals surface area contributed by atoms with Gasteiger partial charge in [-0.15, -0.1) is 0 Å². The summed E-state index contributed by atoms with van der Waals surface area (Å²) in [6.45, 7) is 4.47. The Morgan fingerprint density at radius 1 is 1.05 bits per heavy atom. The number of hydrogen-bond acceptors (Lipinski definition) is 3. The van der Waals surface area contributed by atoms with Crippen LogP contribution < -0.4 is 11.0 Å². The van der Waals surface area contributed by atoms with Crippen LogP contribution in [0.5, 0.6) is 0 Å². The van der Waals surface area contributed by atoms with E-state index in [-0.39, 0.29) is 5.69 Å². The number of rotatable bonds is 2. The molecule has 0 aliphatic carbocycles. The summed E-state index contributed by atoms with van der Waals surface area (Å²) in [4.78, 5) is 17.8. The number of aromatic nitrogens is 2. The molecule has 5 nitrogen and oxygen atoms in total. The largest absolute Gasteiger partial charge is 0.326 e. The summed E-state index contributed by atoms with van der Waals surface area (Å²) in [5.41, 5.74) is 2.03. The average molecular weight is 286 g/mol. The second kappa shape index (κ2) is 5.31. The highest BCUT2D eigenvalue weighted by molar-refractivity contribution is 5.75. The van der Waals surface area contributed by atoms with Crippen molar-refractivity contribution in [3.63, 3.8) is 0 Å². The number of nitrogens with zero attached hydrogens (tertiary/aromatic N) is 2. The molecular weight excluding hydrogens is 264 g/mol. The van der Waals surface area contributed by atoms with Crippen LogP contribution in [0.2, 0.25) is 0 Å². The molecule has 5 heteroatoms. The molecular formula is C16H22N4O. The standard InChI is InChI=1S/C16H22N4O/c21-16-18-14-3-1-2-4-15(14)20(16)12-6-9-19(10-7-12)13-5-8-17-11-13/h1-4,12-13,17H,5-11H2,(H,18,21). The van der Waals surface area contributed by atoms with Gasteiger partial charge in [-0.25, -0.2) is 4.79 Å². The molecule has 2 fully saturated rings. The molecule has 21 heavy (non-hydrogen) atoms. The van der Waals surface area contributed by atoms with Gasteiger partial charge in [0.2, 0.25) is 0 Å². The summed E-state index contributed by atoms with van der Waals surface area (Å²) in [6, 6.07) is 9.03. The highest BCUT2D eigenvalue weighted by atomic mass is 16.1. The van der Waals surface area contributed by atoms with Gasteiger partial charge in [-0.05, 0) is 37.9 Å². The van der Waals surface area contributed by atoms with Crippen LogP contribution in [-0.2, 0) is 0 Å². The molecule has 0 amide bonds. The Bertz CT molecular complexity index is 675. The fourth-order valence-electron chi connectivity index (χ4n) is 3.90. The smallest absolute Gasteiger partial charge is 0.315 e. The van der Waals surface area contributed by atoms with Crippen LogP contribution in [0.25, 0.3) is 11.0 Å². The normalized spacial score (nSPS) is 24.9. The molecule has 3 heterocycles. The molecule has 0 spiro atoms. The second-order valence-electron chi connectivity index (χ2n) is 6.23. The third-order valence-corrected chi connectivity index (χ3v) is 5.04. The summed E-state index contributed by atoms with van der Waals surface area (Å²) >= 11 is 0. The van der Waals surface area contributed by atoms with E-state index < -0.39 is 0 Å². The van der Waals surface area contributed by atoms with E-state index in [1.807, 2.05) is 28.8 Å². The molecule has 1 aromatic heterocycles. The highest BCUT2D eigenvalue weighted by Gasteiger charge is 2.28. The maximum atomic E-state index is 12.3. The van der Waals surface area contributed by atoms with E-state index in [9.17, 15) is 4.79 Å². The van der Waals surface area contributed by atoms with Gasteiger partial charge in [0.1, 0.15) is 0 Å². The molecule has 0 radical (unpaired) electrons. The Labute approximate surface area is 123 Å². The third kappa shape index (κ3) is 2.30. The van der Waals surface area contributed by atoms with Gasteiger partial charge in [0.25, 0.3) is 0 Å². The number of para-hydroxylation sites is 2. The molecule has 2 aromatic rings. The van der Waals surface area contributed by atoms with Crippen LogP contribution >= 0.6 is 0 Å². The number of imidazole rings is 1. The van der Waals surface area contributed by atoms with Crippen molar-refractivity contribution in [3.8, 4) is 0 Å². The molecule has 2 N–H and O–H groups in total. The number of nitrogens with one attached hydrogen (secondary N) is 2. The first-order chi connectivity index (χ1) is 10.3. The van der Waals surface area contributed by atoms with Gasteiger partial charge >= 0.3 is 5.69 Å². The minimum atomic E-state index is 0.0391. The van der Waals surface area contributed by atoms with E-state index in [2.05, 4.69) is 15.2 Å². The van der Waals surface area contributed by atoms with Crippen LogP contribution in [0.15, 0.2) is 29.1 Å². The van der Waals surface area contributed by atoms with E-state index in [4.69, 9.17) is 0 Å². The fourth-order valence-corrected chi connectivity index (χ4v) is 3.90. The number of hydrogen-bond donors (Lipinski definition) is 2. The molecule has 1 unspecified atom stereocenters. The van der Waals surface area contributed by atoms with E-state index in [0.717, 1.165) is 50.1 Å². The minimum absolute atomic E-state index is 0.0391. The predicted molar refractivity (Wildman–Crippen MR) is 83.7 cm³/mol. The van der Waals surface area contributed by atoms with Crippen LogP contribution in [0.4, 0.5) is 0 Å². The van der Waals surface area contributed by atoms with Crippen LogP contribution in [-0.4, -0.2) is 46.7 Å². The maximum Gasteiger partial charge on any atom is 0.326 e. The van der Waals surface area contributed by atoms with Crippen LogP contribution in [0, 0.1) is 0 Å². The van der Waals surface area contributed by atoms with Crippen molar-refractivity contribution in [3.05, 3.63) is 34.7 Å². The zero-order valence-corrected chi connectivity index (χ0v) is 12.2. The Hall–Kier alpha value is -1.59. The SMILES string of the molecule is O=c1[nH]c2ccccc2n1C1CCN(C2CCNC2)CC1. The number of H-pyrrole nitrogens is 1. The first-order valence-electron chi connectivity index (χ1n) is 7.97. The van der Waals surface area contributed by atoms with E-state index >= 15 is 0 Å². The molecule has 112 valence electrons. The van der Waals surface area contributed by atoms with Gasteiger partial charge in [0.05, 0.1) is 11.0 Å². The Kier molecular flexibility index (Phi) is 3.31. The van der Waals surface area contributed by atoms with Crippen molar-refractivity contribution in [2.24, 2.45) is 0 Å². The van der Waals surface area contributed by atoms with E-state index in [1.54, 1.807) is 0 Å². The first-order valence-corrected chi connectivity index (χ1v) is 7.97. The Balaban J connectivity index is 1.55. The monoisotopic (exact) mass is 286 g/mol. The summed E-state index contributed by atoms with van der Waals surface area (Å²) in [7, 11) is 0. The summed E-state index contributed by atoms with van der Waals surface area (Å²) in [5.74, 6) is 0. The number of fused-ring (bicyclic) bond motifs is 1. The summed E-state index contributed by atoms with van der Waals surface area (Å²) < 4.78 is 1.97. The molecule has 4 rings (SSSR count). The van der Waals surface area contributed by atoms with Crippen molar-refractivity contribution in [1.29, 1.82) is 0 Å². The number of piperidine rings is 1. The second-order valence-corrected chi connectivity index (χ2v) is 6.23. The topological polar surface area (TPSA) is 53.1 Å². The van der Waals surface area contributed by atoms with Crippen molar-refractivity contribution < 1.29 is 0 Å². The van der Waals surface area contributed by atoms with E-state index in [1.165, 1.54) is 6.42 Å². The number of benzene rings is 1. The maximum absolute atomic E-state index is 12.3. The lowest BCUT2D eigenvalue weighted by Crippen LogP contribution is -2.43. The lowest BCUT2D eigenvalue weighted by molar-refractivity contribution is 0.143.